The van der Waals surface area contributed by atoms with Crippen LogP contribution in [0, 0.1) is 5.82 Å². The average molecular weight is 277 g/mol. The van der Waals surface area contributed by atoms with Gasteiger partial charge < -0.3 is 0 Å². The Hall–Kier alpha value is -0.450. The predicted octanol–water partition coefficient (Wildman–Crippen LogP) is 4.15. The Bertz CT molecular complexity index is 414. The Kier molecular flexibility index (Phi) is 3.53. The summed E-state index contributed by atoms with van der Waals surface area (Å²) in [5.41, 5.74) is -0.899. The van der Waals surface area contributed by atoms with Gasteiger partial charge in [0.15, 0.2) is 5.82 Å². The smallest absolute Gasteiger partial charge is 0.286 e. The maximum atomic E-state index is 13.2. The summed E-state index contributed by atoms with van der Waals surface area (Å²) in [6, 6.07) is 1.82. The molecule has 7 heteroatoms. The lowest BCUT2D eigenvalue weighted by Gasteiger charge is -2.08. The van der Waals surface area contributed by atoms with E-state index in [9.17, 15) is 18.0 Å². The molecule has 0 saturated carbocycles. The summed E-state index contributed by atoms with van der Waals surface area (Å²) in [5, 5.41) is -4.94. The van der Waals surface area contributed by atoms with Gasteiger partial charge in [0.05, 0.1) is 15.6 Å². The topological polar surface area (TPSA) is 17.1 Å². The van der Waals surface area contributed by atoms with Gasteiger partial charge in [-0.3, -0.25) is 4.79 Å². The van der Waals surface area contributed by atoms with Gasteiger partial charge in [0, 0.05) is 0 Å². The van der Waals surface area contributed by atoms with Crippen LogP contribution in [0.1, 0.15) is 10.4 Å². The first-order chi connectivity index (χ1) is 6.75. The zero-order chi connectivity index (χ0) is 11.8. The molecule has 0 radical (unpaired) electrons. The third-order valence-corrected chi connectivity index (χ3v) is 2.49. The van der Waals surface area contributed by atoms with Gasteiger partial charge in [-0.1, -0.05) is 23.2 Å². The van der Waals surface area contributed by atoms with E-state index in [-0.39, 0.29) is 5.02 Å². The van der Waals surface area contributed by atoms with Crippen LogP contribution < -0.4 is 0 Å². The van der Waals surface area contributed by atoms with Crippen molar-refractivity contribution in [2.75, 3.05) is 0 Å². The highest BCUT2D eigenvalue weighted by atomic mass is 35.5. The van der Waals surface area contributed by atoms with Crippen LogP contribution in [0.15, 0.2) is 12.1 Å². The van der Waals surface area contributed by atoms with E-state index in [1.807, 2.05) is 0 Å². The number of hydrogen-bond donors (Lipinski definition) is 0. The van der Waals surface area contributed by atoms with Crippen LogP contribution in [-0.2, 0) is 0 Å². The molecule has 0 spiro atoms. The van der Waals surface area contributed by atoms with Crippen molar-refractivity contribution in [3.05, 3.63) is 33.6 Å². The van der Waals surface area contributed by atoms with Gasteiger partial charge >= 0.3 is 5.38 Å². The van der Waals surface area contributed by atoms with E-state index in [2.05, 4.69) is 11.6 Å². The SMILES string of the molecule is O=C(c1ccc(Cl)c(Cl)c1F)C(F)(F)Cl. The molecular weight excluding hydrogens is 275 g/mol. The highest BCUT2D eigenvalue weighted by Gasteiger charge is 2.38. The maximum Gasteiger partial charge on any atom is 0.385 e. The fourth-order valence-electron chi connectivity index (χ4n) is 0.854. The fraction of sp³-hybridized carbons (Fsp3) is 0.125. The molecule has 1 rings (SSSR count). The van der Waals surface area contributed by atoms with Crippen molar-refractivity contribution in [3.63, 3.8) is 0 Å². The molecule has 0 fully saturated rings. The third-order valence-electron chi connectivity index (χ3n) is 1.54. The predicted molar refractivity (Wildman–Crippen MR) is 51.6 cm³/mol. The largest absolute Gasteiger partial charge is 0.385 e. The van der Waals surface area contributed by atoms with Gasteiger partial charge in [0.2, 0.25) is 0 Å². The molecule has 0 atom stereocenters. The number of hydrogen-bond acceptors (Lipinski definition) is 1. The van der Waals surface area contributed by atoms with E-state index in [1.54, 1.807) is 0 Å². The van der Waals surface area contributed by atoms with Gasteiger partial charge in [-0.2, -0.15) is 8.78 Å². The molecule has 1 aromatic rings. The first kappa shape index (κ1) is 12.6. The number of carbonyl (C=O) groups excluding carboxylic acids is 1. The van der Waals surface area contributed by atoms with Crippen molar-refractivity contribution in [1.29, 1.82) is 0 Å². The van der Waals surface area contributed by atoms with Crippen LogP contribution >= 0.6 is 34.8 Å². The summed E-state index contributed by atoms with van der Waals surface area (Å²) in [4.78, 5) is 10.9. The Morgan fingerprint density at radius 1 is 1.27 bits per heavy atom. The van der Waals surface area contributed by atoms with Crippen molar-refractivity contribution < 1.29 is 18.0 Å². The lowest BCUT2D eigenvalue weighted by molar-refractivity contribution is 0.0531. The normalized spacial score (nSPS) is 11.6. The molecule has 0 heterocycles. The molecule has 0 saturated heterocycles. The summed E-state index contributed by atoms with van der Waals surface area (Å²) in [6.07, 6.45) is 0. The van der Waals surface area contributed by atoms with Gasteiger partial charge in [0.25, 0.3) is 5.78 Å². The second-order valence-electron chi connectivity index (χ2n) is 2.55. The van der Waals surface area contributed by atoms with E-state index >= 15 is 0 Å². The Labute approximate surface area is 97.7 Å². The summed E-state index contributed by atoms with van der Waals surface area (Å²) < 4.78 is 38.0. The first-order valence-corrected chi connectivity index (χ1v) is 4.63. The van der Waals surface area contributed by atoms with Crippen LogP contribution in [0.5, 0.6) is 0 Å². The second kappa shape index (κ2) is 4.20. The first-order valence-electron chi connectivity index (χ1n) is 3.50. The third kappa shape index (κ3) is 2.56. The minimum absolute atomic E-state index is 0.177. The molecule has 1 aromatic carbocycles. The number of carbonyl (C=O) groups is 1. The van der Waals surface area contributed by atoms with Gasteiger partial charge in [-0.15, -0.1) is 0 Å². The second-order valence-corrected chi connectivity index (χ2v) is 3.81. The number of Topliss-reactive ketones (excluding diaryl/α,β-unsaturated/α-hetero) is 1. The minimum atomic E-state index is -4.17. The number of halogens is 6. The monoisotopic (exact) mass is 276 g/mol. The quantitative estimate of drug-likeness (QED) is 0.451. The molecule has 82 valence electrons. The molecule has 0 aliphatic carbocycles. The van der Waals surface area contributed by atoms with Crippen LogP contribution in [0.25, 0.3) is 0 Å². The number of benzene rings is 1. The van der Waals surface area contributed by atoms with E-state index in [1.165, 1.54) is 0 Å². The molecule has 0 aromatic heterocycles. The van der Waals surface area contributed by atoms with Crippen molar-refractivity contribution in [2.24, 2.45) is 0 Å². The zero-order valence-corrected chi connectivity index (χ0v) is 9.10. The zero-order valence-electron chi connectivity index (χ0n) is 6.83. The standard InChI is InChI=1S/C8H2Cl3F3O/c9-4-2-1-3(6(12)5(4)10)7(15)8(11,13)14/h1-2H. The highest BCUT2D eigenvalue weighted by Crippen LogP contribution is 2.31. The van der Waals surface area contributed by atoms with Crippen LogP contribution in [0.3, 0.4) is 0 Å². The van der Waals surface area contributed by atoms with E-state index in [0.717, 1.165) is 12.1 Å². The summed E-state index contributed by atoms with van der Waals surface area (Å²) in [7, 11) is 0. The fourth-order valence-corrected chi connectivity index (χ4v) is 1.27. The van der Waals surface area contributed by atoms with E-state index in [4.69, 9.17) is 23.2 Å². The summed E-state index contributed by atoms with van der Waals surface area (Å²) >= 11 is 15.2. The Morgan fingerprint density at radius 3 is 2.27 bits per heavy atom. The molecule has 1 nitrogen and oxygen atoms in total. The van der Waals surface area contributed by atoms with Gasteiger partial charge in [-0.25, -0.2) is 4.39 Å². The number of alkyl halides is 3. The van der Waals surface area contributed by atoms with Crippen molar-refractivity contribution in [2.45, 2.75) is 5.38 Å². The lowest BCUT2D eigenvalue weighted by atomic mass is 10.1. The van der Waals surface area contributed by atoms with Gasteiger partial charge in [-0.05, 0) is 23.7 Å². The molecule has 0 amide bonds. The highest BCUT2D eigenvalue weighted by molar-refractivity contribution is 6.42. The van der Waals surface area contributed by atoms with Crippen molar-refractivity contribution >= 4 is 40.6 Å². The molecule has 15 heavy (non-hydrogen) atoms. The molecule has 0 N–H and O–H groups in total. The summed E-state index contributed by atoms with van der Waals surface area (Å²) in [5.74, 6) is -3.17. The average Bonchev–Trinajstić information content (AvgIpc) is 2.12. The van der Waals surface area contributed by atoms with Crippen LogP contribution in [-0.4, -0.2) is 11.2 Å². The Balaban J connectivity index is 3.29. The van der Waals surface area contributed by atoms with Crippen LogP contribution in [0.2, 0.25) is 10.0 Å². The molecule has 0 aliphatic rings. The van der Waals surface area contributed by atoms with Crippen molar-refractivity contribution in [3.8, 4) is 0 Å². The molecule has 0 unspecified atom stereocenters. The number of ketones is 1. The number of rotatable bonds is 2. The van der Waals surface area contributed by atoms with Gasteiger partial charge in [0.1, 0.15) is 0 Å². The molecule has 0 aliphatic heterocycles. The van der Waals surface area contributed by atoms with Crippen LogP contribution in [0.4, 0.5) is 13.2 Å². The Morgan fingerprint density at radius 2 is 1.80 bits per heavy atom. The summed E-state index contributed by atoms with van der Waals surface area (Å²) in [6.45, 7) is 0. The van der Waals surface area contributed by atoms with E-state index < -0.39 is 27.6 Å². The van der Waals surface area contributed by atoms with E-state index in [0.29, 0.717) is 0 Å². The minimum Gasteiger partial charge on any atom is -0.286 e. The molecular formula is C8H2Cl3F3O. The molecule has 0 bridgehead atoms. The maximum absolute atomic E-state index is 13.2. The lowest BCUT2D eigenvalue weighted by Crippen LogP contribution is -2.22. The van der Waals surface area contributed by atoms with Crippen molar-refractivity contribution in [1.82, 2.24) is 0 Å².